The van der Waals surface area contributed by atoms with Crippen molar-refractivity contribution in [1.29, 1.82) is 0 Å². The van der Waals surface area contributed by atoms with Crippen LogP contribution in [0.25, 0.3) is 0 Å². The van der Waals surface area contributed by atoms with E-state index in [0.29, 0.717) is 17.9 Å². The Morgan fingerprint density at radius 1 is 1.12 bits per heavy atom. The molecule has 2 aromatic rings. The second-order valence-corrected chi connectivity index (χ2v) is 6.51. The summed E-state index contributed by atoms with van der Waals surface area (Å²) in [6, 6.07) is 5.97. The van der Waals surface area contributed by atoms with Gasteiger partial charge in [-0.1, -0.05) is 0 Å². The highest BCUT2D eigenvalue weighted by molar-refractivity contribution is 5.62. The molecule has 3 rings (SSSR count). The van der Waals surface area contributed by atoms with Crippen molar-refractivity contribution in [1.82, 2.24) is 4.98 Å². The highest BCUT2D eigenvalue weighted by Gasteiger charge is 2.19. The summed E-state index contributed by atoms with van der Waals surface area (Å²) in [6.45, 7) is 0.593. The maximum absolute atomic E-state index is 6.17. The van der Waals surface area contributed by atoms with Gasteiger partial charge in [-0.25, -0.2) is 0 Å². The lowest BCUT2D eigenvalue weighted by atomic mass is 10.1. The molecule has 134 valence electrons. The smallest absolute Gasteiger partial charge is 0.163 e. The van der Waals surface area contributed by atoms with Gasteiger partial charge in [0.2, 0.25) is 0 Å². The lowest BCUT2D eigenvalue weighted by molar-refractivity contribution is 0.201. The van der Waals surface area contributed by atoms with Gasteiger partial charge in [-0.15, -0.1) is 0 Å². The molecule has 0 atom stereocenters. The van der Waals surface area contributed by atoms with Crippen LogP contribution in [0.5, 0.6) is 11.5 Å². The van der Waals surface area contributed by atoms with E-state index in [1.807, 2.05) is 25.2 Å². The third-order valence-corrected chi connectivity index (χ3v) is 4.70. The maximum atomic E-state index is 6.17. The van der Waals surface area contributed by atoms with Gasteiger partial charge in [0.15, 0.2) is 11.5 Å². The first-order valence-electron chi connectivity index (χ1n) is 8.62. The van der Waals surface area contributed by atoms with Gasteiger partial charge < -0.3 is 25.8 Å². The highest BCUT2D eigenvalue weighted by Crippen LogP contribution is 2.35. The largest absolute Gasteiger partial charge is 0.493 e. The summed E-state index contributed by atoms with van der Waals surface area (Å²) in [5.74, 6) is 1.54. The molecule has 1 fully saturated rings. The summed E-state index contributed by atoms with van der Waals surface area (Å²) in [4.78, 5) is 6.10. The molecule has 1 aromatic heterocycles. The molecule has 0 radical (unpaired) electrons. The van der Waals surface area contributed by atoms with Gasteiger partial charge in [0.05, 0.1) is 37.0 Å². The Labute approximate surface area is 148 Å². The predicted molar refractivity (Wildman–Crippen MR) is 101 cm³/mol. The number of benzene rings is 1. The van der Waals surface area contributed by atoms with Crippen molar-refractivity contribution in [3.8, 4) is 11.5 Å². The van der Waals surface area contributed by atoms with Crippen molar-refractivity contribution >= 4 is 17.1 Å². The Morgan fingerprint density at radius 2 is 1.80 bits per heavy atom. The molecule has 1 aromatic carbocycles. The van der Waals surface area contributed by atoms with E-state index < -0.39 is 0 Å². The summed E-state index contributed by atoms with van der Waals surface area (Å²) >= 11 is 0. The third-order valence-electron chi connectivity index (χ3n) is 4.70. The molecule has 4 N–H and O–H groups in total. The quantitative estimate of drug-likeness (QED) is 0.838. The van der Waals surface area contributed by atoms with Gasteiger partial charge >= 0.3 is 0 Å². The van der Waals surface area contributed by atoms with Crippen molar-refractivity contribution in [3.63, 3.8) is 0 Å². The first-order valence-corrected chi connectivity index (χ1v) is 8.62. The molecule has 1 heterocycles. The number of rotatable bonds is 6. The zero-order valence-corrected chi connectivity index (χ0v) is 14.9. The molecule has 6 nitrogen and oxygen atoms in total. The summed E-state index contributed by atoms with van der Waals surface area (Å²) < 4.78 is 11.6. The van der Waals surface area contributed by atoms with E-state index in [1.165, 1.54) is 12.8 Å². The Morgan fingerprint density at radius 3 is 2.44 bits per heavy atom. The van der Waals surface area contributed by atoms with E-state index in [9.17, 15) is 0 Å². The van der Waals surface area contributed by atoms with Crippen molar-refractivity contribution < 1.29 is 9.47 Å². The molecule has 0 saturated heterocycles. The predicted octanol–water partition coefficient (Wildman–Crippen LogP) is 3.21. The fourth-order valence-electron chi connectivity index (χ4n) is 3.21. The third kappa shape index (κ3) is 3.90. The van der Waals surface area contributed by atoms with Gasteiger partial charge in [-0.05, 0) is 37.8 Å². The molecular formula is C19H26N4O2. The molecule has 0 amide bonds. The number of nitrogen functional groups attached to an aromatic ring is 2. The highest BCUT2D eigenvalue weighted by atomic mass is 16.5. The second-order valence-electron chi connectivity index (χ2n) is 6.51. The fourth-order valence-corrected chi connectivity index (χ4v) is 3.21. The average molecular weight is 342 g/mol. The van der Waals surface area contributed by atoms with Crippen LogP contribution >= 0.6 is 0 Å². The average Bonchev–Trinajstić information content (AvgIpc) is 3.11. The second kappa shape index (κ2) is 7.51. The molecule has 1 aliphatic carbocycles. The molecule has 0 unspecified atom stereocenters. The van der Waals surface area contributed by atoms with E-state index in [2.05, 4.69) is 9.88 Å². The zero-order valence-electron chi connectivity index (χ0n) is 14.9. The van der Waals surface area contributed by atoms with Crippen LogP contribution < -0.4 is 25.8 Å². The van der Waals surface area contributed by atoms with Gasteiger partial charge in [0.25, 0.3) is 0 Å². The molecule has 1 aliphatic rings. The first kappa shape index (κ1) is 17.2. The number of pyridine rings is 1. The zero-order chi connectivity index (χ0) is 17.8. The SMILES string of the molecule is COc1ccc(N(C)Cc2c(N)cncc2N)cc1OC1CCCC1. The van der Waals surface area contributed by atoms with Crippen LogP contribution in [0, 0.1) is 0 Å². The minimum absolute atomic E-state index is 0.279. The minimum atomic E-state index is 0.279. The monoisotopic (exact) mass is 342 g/mol. The van der Waals surface area contributed by atoms with Crippen LogP contribution in [0.1, 0.15) is 31.2 Å². The van der Waals surface area contributed by atoms with Gasteiger partial charge in [-0.3, -0.25) is 4.98 Å². The number of nitrogens with two attached hydrogens (primary N) is 2. The van der Waals surface area contributed by atoms with E-state index in [4.69, 9.17) is 20.9 Å². The van der Waals surface area contributed by atoms with E-state index in [0.717, 1.165) is 35.6 Å². The van der Waals surface area contributed by atoms with Crippen LogP contribution in [-0.4, -0.2) is 25.2 Å². The Balaban J connectivity index is 1.81. The Hall–Kier alpha value is -2.63. The molecule has 25 heavy (non-hydrogen) atoms. The number of hydrogen-bond donors (Lipinski definition) is 2. The summed E-state index contributed by atoms with van der Waals surface area (Å²) in [5, 5.41) is 0. The molecular weight excluding hydrogens is 316 g/mol. The van der Waals surface area contributed by atoms with Crippen LogP contribution in [0.3, 0.4) is 0 Å². The number of anilines is 3. The van der Waals surface area contributed by atoms with Crippen LogP contribution in [0.4, 0.5) is 17.1 Å². The van der Waals surface area contributed by atoms with E-state index in [1.54, 1.807) is 19.5 Å². The van der Waals surface area contributed by atoms with E-state index in [-0.39, 0.29) is 6.10 Å². The standard InChI is InChI=1S/C19H26N4O2/c1-23(12-15-16(20)10-22-11-17(15)21)13-7-8-18(24-2)19(9-13)25-14-5-3-4-6-14/h7-11,14H,3-6,12,20-21H2,1-2H3. The molecule has 6 heteroatoms. The number of methoxy groups -OCH3 is 1. The fraction of sp³-hybridized carbons (Fsp3) is 0.421. The summed E-state index contributed by atoms with van der Waals surface area (Å²) in [7, 11) is 3.67. The molecule has 0 aliphatic heterocycles. The van der Waals surface area contributed by atoms with Crippen molar-refractivity contribution in [3.05, 3.63) is 36.2 Å². The summed E-state index contributed by atoms with van der Waals surface area (Å²) in [5.41, 5.74) is 15.1. The lowest BCUT2D eigenvalue weighted by Gasteiger charge is -2.23. The number of nitrogens with zero attached hydrogens (tertiary/aromatic N) is 2. The van der Waals surface area contributed by atoms with Gasteiger partial charge in [0.1, 0.15) is 0 Å². The Kier molecular flexibility index (Phi) is 5.16. The lowest BCUT2D eigenvalue weighted by Crippen LogP contribution is -2.19. The minimum Gasteiger partial charge on any atom is -0.493 e. The van der Waals surface area contributed by atoms with Gasteiger partial charge in [0, 0.05) is 30.9 Å². The summed E-state index contributed by atoms with van der Waals surface area (Å²) in [6.07, 6.45) is 8.20. The normalized spacial score (nSPS) is 14.5. The topological polar surface area (TPSA) is 86.6 Å². The number of ether oxygens (including phenoxy) is 2. The van der Waals surface area contributed by atoms with Gasteiger partial charge in [-0.2, -0.15) is 0 Å². The van der Waals surface area contributed by atoms with E-state index >= 15 is 0 Å². The van der Waals surface area contributed by atoms with Crippen LogP contribution in [-0.2, 0) is 6.54 Å². The van der Waals surface area contributed by atoms with Crippen LogP contribution in [0.15, 0.2) is 30.6 Å². The number of aromatic nitrogens is 1. The van der Waals surface area contributed by atoms with Crippen molar-refractivity contribution in [2.45, 2.75) is 38.3 Å². The molecule has 1 saturated carbocycles. The maximum Gasteiger partial charge on any atom is 0.163 e. The molecule has 0 spiro atoms. The molecule has 0 bridgehead atoms. The number of hydrogen-bond acceptors (Lipinski definition) is 6. The Bertz CT molecular complexity index is 709. The van der Waals surface area contributed by atoms with Crippen molar-refractivity contribution in [2.75, 3.05) is 30.5 Å². The first-order chi connectivity index (χ1) is 12.1. The van der Waals surface area contributed by atoms with Crippen LogP contribution in [0.2, 0.25) is 0 Å². The van der Waals surface area contributed by atoms with Crippen molar-refractivity contribution in [2.24, 2.45) is 0 Å².